The van der Waals surface area contributed by atoms with Gasteiger partial charge in [-0.25, -0.2) is 0 Å². The quantitative estimate of drug-likeness (QED) is 0.673. The Labute approximate surface area is 120 Å². The van der Waals surface area contributed by atoms with Crippen molar-refractivity contribution < 1.29 is 9.66 Å². The molecule has 0 aliphatic carbocycles. The first-order chi connectivity index (χ1) is 9.11. The summed E-state index contributed by atoms with van der Waals surface area (Å²) in [4.78, 5) is 12.8. The topological polar surface area (TPSA) is 67.6 Å². The molecule has 0 saturated carbocycles. The monoisotopic (exact) mass is 329 g/mol. The number of nitrogens with zero attached hydrogens (tertiary/aromatic N) is 2. The van der Waals surface area contributed by atoms with Crippen molar-refractivity contribution in [3.8, 4) is 0 Å². The first-order valence-corrected chi connectivity index (χ1v) is 6.86. The SMILES string of the molecule is CNCC1CN(c2ccc(Br)cc2[N+](=O)[O-])CCO1. The summed E-state index contributed by atoms with van der Waals surface area (Å²) in [5.41, 5.74) is 0.775. The third-order valence-corrected chi connectivity index (χ3v) is 3.54. The van der Waals surface area contributed by atoms with Gasteiger partial charge in [0.25, 0.3) is 5.69 Å². The average Bonchev–Trinajstić information content (AvgIpc) is 2.39. The lowest BCUT2D eigenvalue weighted by Crippen LogP contribution is -2.46. The molecule has 1 fully saturated rings. The molecule has 1 unspecified atom stereocenters. The van der Waals surface area contributed by atoms with Crippen LogP contribution < -0.4 is 10.2 Å². The molecule has 19 heavy (non-hydrogen) atoms. The first kappa shape index (κ1) is 14.2. The minimum Gasteiger partial charge on any atom is -0.373 e. The van der Waals surface area contributed by atoms with Crippen molar-refractivity contribution in [2.24, 2.45) is 0 Å². The molecule has 0 bridgehead atoms. The number of likely N-dealkylation sites (N-methyl/N-ethyl adjacent to an activating group) is 1. The van der Waals surface area contributed by atoms with E-state index in [-0.39, 0.29) is 16.7 Å². The molecule has 7 heteroatoms. The molecule has 1 N–H and O–H groups in total. The molecule has 0 amide bonds. The fourth-order valence-corrected chi connectivity index (χ4v) is 2.55. The summed E-state index contributed by atoms with van der Waals surface area (Å²) in [6.07, 6.45) is 0.0574. The van der Waals surface area contributed by atoms with Crippen molar-refractivity contribution in [3.05, 3.63) is 32.8 Å². The Kier molecular flexibility index (Phi) is 4.73. The zero-order valence-electron chi connectivity index (χ0n) is 10.6. The Morgan fingerprint density at radius 1 is 1.63 bits per heavy atom. The van der Waals surface area contributed by atoms with Crippen molar-refractivity contribution in [2.75, 3.05) is 38.2 Å². The van der Waals surface area contributed by atoms with E-state index in [0.29, 0.717) is 29.9 Å². The molecule has 104 valence electrons. The predicted octanol–water partition coefficient (Wildman–Crippen LogP) is 1.78. The normalized spacial score (nSPS) is 19.5. The largest absolute Gasteiger partial charge is 0.373 e. The summed E-state index contributed by atoms with van der Waals surface area (Å²) < 4.78 is 6.32. The lowest BCUT2D eigenvalue weighted by molar-refractivity contribution is -0.384. The molecule has 0 spiro atoms. The van der Waals surface area contributed by atoms with Gasteiger partial charge in [0.2, 0.25) is 0 Å². The summed E-state index contributed by atoms with van der Waals surface area (Å²) >= 11 is 3.27. The van der Waals surface area contributed by atoms with Gasteiger partial charge < -0.3 is 15.0 Å². The van der Waals surface area contributed by atoms with Crippen LogP contribution in [-0.4, -0.2) is 44.3 Å². The highest BCUT2D eigenvalue weighted by molar-refractivity contribution is 9.10. The molecule has 2 rings (SSSR count). The van der Waals surface area contributed by atoms with E-state index in [2.05, 4.69) is 21.2 Å². The molecule has 1 heterocycles. The first-order valence-electron chi connectivity index (χ1n) is 6.07. The van der Waals surface area contributed by atoms with Crippen LogP contribution in [0.5, 0.6) is 0 Å². The average molecular weight is 330 g/mol. The number of morpholine rings is 1. The molecule has 0 radical (unpaired) electrons. The number of halogens is 1. The third-order valence-electron chi connectivity index (χ3n) is 3.05. The van der Waals surface area contributed by atoms with Crippen LogP contribution in [-0.2, 0) is 4.74 Å². The van der Waals surface area contributed by atoms with E-state index in [1.807, 2.05) is 18.0 Å². The molecule has 1 aliphatic heterocycles. The number of hydrogen-bond donors (Lipinski definition) is 1. The van der Waals surface area contributed by atoms with Crippen LogP contribution in [0, 0.1) is 10.1 Å². The summed E-state index contributed by atoms with van der Waals surface area (Å²) in [6.45, 7) is 2.65. The van der Waals surface area contributed by atoms with Crippen LogP contribution in [0.2, 0.25) is 0 Å². The minimum atomic E-state index is -0.345. The number of hydrogen-bond acceptors (Lipinski definition) is 5. The van der Waals surface area contributed by atoms with Gasteiger partial charge in [0.1, 0.15) is 5.69 Å². The van der Waals surface area contributed by atoms with Crippen molar-refractivity contribution in [1.29, 1.82) is 0 Å². The zero-order chi connectivity index (χ0) is 13.8. The molecule has 1 aliphatic rings. The minimum absolute atomic E-state index is 0.0574. The fraction of sp³-hybridized carbons (Fsp3) is 0.500. The highest BCUT2D eigenvalue weighted by Gasteiger charge is 2.25. The highest BCUT2D eigenvalue weighted by Crippen LogP contribution is 2.32. The maximum atomic E-state index is 11.1. The van der Waals surface area contributed by atoms with E-state index in [1.54, 1.807) is 6.07 Å². The van der Waals surface area contributed by atoms with Crippen molar-refractivity contribution in [2.45, 2.75) is 6.10 Å². The van der Waals surface area contributed by atoms with Gasteiger partial charge in [-0.1, -0.05) is 15.9 Å². The Morgan fingerprint density at radius 2 is 2.42 bits per heavy atom. The molecule has 1 aromatic carbocycles. The van der Waals surface area contributed by atoms with Gasteiger partial charge in [-0.15, -0.1) is 0 Å². The summed E-state index contributed by atoms with van der Waals surface area (Å²) in [7, 11) is 1.87. The second-order valence-electron chi connectivity index (χ2n) is 4.39. The van der Waals surface area contributed by atoms with Crippen molar-refractivity contribution >= 4 is 27.3 Å². The second-order valence-corrected chi connectivity index (χ2v) is 5.30. The molecular formula is C12H16BrN3O3. The van der Waals surface area contributed by atoms with E-state index >= 15 is 0 Å². The van der Waals surface area contributed by atoms with Crippen LogP contribution in [0.3, 0.4) is 0 Å². The van der Waals surface area contributed by atoms with Gasteiger partial charge in [-0.2, -0.15) is 0 Å². The van der Waals surface area contributed by atoms with Crippen LogP contribution in [0.4, 0.5) is 11.4 Å². The van der Waals surface area contributed by atoms with E-state index in [0.717, 1.165) is 6.54 Å². The van der Waals surface area contributed by atoms with Crippen molar-refractivity contribution in [1.82, 2.24) is 5.32 Å². The van der Waals surface area contributed by atoms with Crippen LogP contribution in [0.25, 0.3) is 0 Å². The van der Waals surface area contributed by atoms with Gasteiger partial charge >= 0.3 is 0 Å². The zero-order valence-corrected chi connectivity index (χ0v) is 12.2. The highest BCUT2D eigenvalue weighted by atomic mass is 79.9. The van der Waals surface area contributed by atoms with Crippen molar-refractivity contribution in [3.63, 3.8) is 0 Å². The molecule has 1 atom stereocenters. The predicted molar refractivity (Wildman–Crippen MR) is 76.7 cm³/mol. The summed E-state index contributed by atoms with van der Waals surface area (Å²) in [6, 6.07) is 5.15. The van der Waals surface area contributed by atoms with Crippen LogP contribution >= 0.6 is 15.9 Å². The smallest absolute Gasteiger partial charge is 0.293 e. The van der Waals surface area contributed by atoms with Gasteiger partial charge in [0.15, 0.2) is 0 Å². The Balaban J connectivity index is 2.23. The number of nitro groups is 1. The fourth-order valence-electron chi connectivity index (χ4n) is 2.20. The maximum Gasteiger partial charge on any atom is 0.293 e. The lowest BCUT2D eigenvalue weighted by atomic mass is 10.2. The van der Waals surface area contributed by atoms with Gasteiger partial charge in [0, 0.05) is 30.2 Å². The van der Waals surface area contributed by atoms with Gasteiger partial charge in [-0.05, 0) is 19.2 Å². The number of anilines is 1. The second kappa shape index (κ2) is 6.31. The number of nitrogens with one attached hydrogen (secondary N) is 1. The third kappa shape index (κ3) is 3.43. The van der Waals surface area contributed by atoms with E-state index in [9.17, 15) is 10.1 Å². The van der Waals surface area contributed by atoms with Crippen LogP contribution in [0.1, 0.15) is 0 Å². The number of benzene rings is 1. The number of ether oxygens (including phenoxy) is 1. The summed E-state index contributed by atoms with van der Waals surface area (Å²) in [5, 5.41) is 14.2. The number of rotatable bonds is 4. The lowest BCUT2D eigenvalue weighted by Gasteiger charge is -2.34. The number of nitro benzene ring substituents is 1. The maximum absolute atomic E-state index is 11.1. The van der Waals surface area contributed by atoms with E-state index < -0.39 is 0 Å². The standard InChI is InChI=1S/C12H16BrN3O3/c1-14-7-10-8-15(4-5-19-10)11-3-2-9(13)6-12(11)16(17)18/h2-3,6,10,14H,4-5,7-8H2,1H3. The molecule has 6 nitrogen and oxygen atoms in total. The van der Waals surface area contributed by atoms with E-state index in [1.165, 1.54) is 6.07 Å². The molecular weight excluding hydrogens is 314 g/mol. The Bertz CT molecular complexity index is 468. The van der Waals surface area contributed by atoms with Gasteiger partial charge in [-0.3, -0.25) is 10.1 Å². The van der Waals surface area contributed by atoms with Crippen LogP contribution in [0.15, 0.2) is 22.7 Å². The summed E-state index contributed by atoms with van der Waals surface area (Å²) in [5.74, 6) is 0. The molecule has 1 aromatic rings. The Hall–Kier alpha value is -1.18. The molecule has 1 saturated heterocycles. The molecule has 0 aromatic heterocycles. The van der Waals surface area contributed by atoms with Gasteiger partial charge in [0.05, 0.1) is 17.6 Å². The van der Waals surface area contributed by atoms with E-state index in [4.69, 9.17) is 4.74 Å². The Morgan fingerprint density at radius 3 is 3.11 bits per heavy atom.